The highest BCUT2D eigenvalue weighted by Gasteiger charge is 2.40. The van der Waals surface area contributed by atoms with Gasteiger partial charge in [-0.2, -0.15) is 0 Å². The van der Waals surface area contributed by atoms with Crippen molar-refractivity contribution in [3.8, 4) is 0 Å². The number of hydrogen-bond donors (Lipinski definition) is 1. The Morgan fingerprint density at radius 2 is 1.94 bits per heavy atom. The molecule has 1 N–H and O–H groups in total. The van der Waals surface area contributed by atoms with Crippen LogP contribution in [0.15, 0.2) is 18.2 Å². The van der Waals surface area contributed by atoms with E-state index >= 15 is 0 Å². The normalized spacial score (nSPS) is 31.8. The van der Waals surface area contributed by atoms with Crippen molar-refractivity contribution < 1.29 is 9.50 Å². The molecule has 3 rings (SSSR count). The number of benzene rings is 1. The molecule has 0 amide bonds. The number of rotatable bonds is 2. The van der Waals surface area contributed by atoms with Crippen molar-refractivity contribution in [3.63, 3.8) is 0 Å². The van der Waals surface area contributed by atoms with Gasteiger partial charge >= 0.3 is 0 Å². The molecule has 18 heavy (non-hydrogen) atoms. The van der Waals surface area contributed by atoms with Crippen molar-refractivity contribution in [1.29, 1.82) is 0 Å². The molecule has 4 heteroatoms. The first-order chi connectivity index (χ1) is 8.61. The van der Waals surface area contributed by atoms with Gasteiger partial charge in [-0.05, 0) is 42.4 Å². The third-order valence-corrected chi connectivity index (χ3v) is 4.56. The predicted octanol–water partition coefficient (Wildman–Crippen LogP) is 2.68. The molecule has 2 aliphatic rings. The summed E-state index contributed by atoms with van der Waals surface area (Å²) in [6, 6.07) is 4.60. The van der Waals surface area contributed by atoms with Gasteiger partial charge in [0, 0.05) is 24.7 Å². The van der Waals surface area contributed by atoms with Crippen LogP contribution in [-0.2, 0) is 6.54 Å². The van der Waals surface area contributed by atoms with Gasteiger partial charge in [-0.15, -0.1) is 0 Å². The van der Waals surface area contributed by atoms with Crippen LogP contribution in [0, 0.1) is 17.7 Å². The highest BCUT2D eigenvalue weighted by molar-refractivity contribution is 6.31. The smallest absolute Gasteiger partial charge is 0.124 e. The average Bonchev–Trinajstić information content (AvgIpc) is 2.79. The molecule has 1 saturated carbocycles. The number of likely N-dealkylation sites (tertiary alicyclic amines) is 1. The molecule has 2 nitrogen and oxygen atoms in total. The van der Waals surface area contributed by atoms with Gasteiger partial charge in [-0.1, -0.05) is 17.7 Å². The van der Waals surface area contributed by atoms with Crippen LogP contribution < -0.4 is 0 Å². The second-order valence-electron chi connectivity index (χ2n) is 5.58. The molecule has 0 aromatic heterocycles. The quantitative estimate of drug-likeness (QED) is 0.892. The fourth-order valence-electron chi connectivity index (χ4n) is 3.39. The standard InChI is InChI=1S/C14H17ClFNO/c15-14-5-12(16)2-1-9(14)6-17-7-10-3-13(18)4-11(10)8-17/h1-2,5,10-11,13,18H,3-4,6-8H2/t10-,11+,13?. The van der Waals surface area contributed by atoms with Crippen molar-refractivity contribution in [2.75, 3.05) is 13.1 Å². The van der Waals surface area contributed by atoms with Crippen LogP contribution in [0.3, 0.4) is 0 Å². The van der Waals surface area contributed by atoms with Crippen molar-refractivity contribution >= 4 is 11.6 Å². The molecule has 98 valence electrons. The molecule has 1 unspecified atom stereocenters. The first-order valence-electron chi connectivity index (χ1n) is 6.46. The van der Waals surface area contributed by atoms with E-state index in [0.717, 1.165) is 38.0 Å². The van der Waals surface area contributed by atoms with Crippen molar-refractivity contribution in [1.82, 2.24) is 4.90 Å². The van der Waals surface area contributed by atoms with Crippen LogP contribution in [0.2, 0.25) is 5.02 Å². The van der Waals surface area contributed by atoms with Gasteiger partial charge < -0.3 is 5.11 Å². The van der Waals surface area contributed by atoms with Crippen LogP contribution in [0.4, 0.5) is 4.39 Å². The Morgan fingerprint density at radius 3 is 2.56 bits per heavy atom. The summed E-state index contributed by atoms with van der Waals surface area (Å²) in [5.74, 6) is 0.962. The average molecular weight is 270 g/mol. The second-order valence-corrected chi connectivity index (χ2v) is 5.98. The minimum Gasteiger partial charge on any atom is -0.393 e. The van der Waals surface area contributed by atoms with Gasteiger partial charge in [0.25, 0.3) is 0 Å². The maximum Gasteiger partial charge on any atom is 0.124 e. The van der Waals surface area contributed by atoms with E-state index in [0.29, 0.717) is 16.9 Å². The van der Waals surface area contributed by atoms with Gasteiger partial charge in [-0.25, -0.2) is 4.39 Å². The molecule has 2 fully saturated rings. The Hall–Kier alpha value is -0.640. The molecule has 0 radical (unpaired) electrons. The molecule has 0 bridgehead atoms. The summed E-state index contributed by atoms with van der Waals surface area (Å²) in [6.45, 7) is 2.83. The first-order valence-corrected chi connectivity index (χ1v) is 6.84. The summed E-state index contributed by atoms with van der Waals surface area (Å²) < 4.78 is 13.0. The summed E-state index contributed by atoms with van der Waals surface area (Å²) in [4.78, 5) is 2.36. The van der Waals surface area contributed by atoms with E-state index in [1.165, 1.54) is 12.1 Å². The number of aliphatic hydroxyl groups excluding tert-OH is 1. The zero-order valence-electron chi connectivity index (χ0n) is 10.1. The molecule has 1 heterocycles. The minimum absolute atomic E-state index is 0.100. The highest BCUT2D eigenvalue weighted by Crippen LogP contribution is 2.38. The summed E-state index contributed by atoms with van der Waals surface area (Å²) >= 11 is 6.05. The molecular formula is C14H17ClFNO. The summed E-state index contributed by atoms with van der Waals surface area (Å²) in [7, 11) is 0. The molecule has 1 aliphatic carbocycles. The molecule has 1 aliphatic heterocycles. The molecule has 1 aromatic carbocycles. The lowest BCUT2D eigenvalue weighted by Gasteiger charge is -2.18. The zero-order valence-corrected chi connectivity index (χ0v) is 10.9. The third-order valence-electron chi connectivity index (χ3n) is 4.21. The Kier molecular flexibility index (Phi) is 3.31. The van der Waals surface area contributed by atoms with E-state index < -0.39 is 0 Å². The Balaban J connectivity index is 1.65. The van der Waals surface area contributed by atoms with Crippen LogP contribution in [0.5, 0.6) is 0 Å². The van der Waals surface area contributed by atoms with Crippen molar-refractivity contribution in [2.45, 2.75) is 25.5 Å². The molecule has 3 atom stereocenters. The molecule has 1 aromatic rings. The second kappa shape index (κ2) is 4.80. The molecule has 0 spiro atoms. The van der Waals surface area contributed by atoms with Gasteiger partial charge in [0.2, 0.25) is 0 Å². The fourth-order valence-corrected chi connectivity index (χ4v) is 3.61. The monoisotopic (exact) mass is 269 g/mol. The Labute approximate surface area is 111 Å². The van der Waals surface area contributed by atoms with Crippen molar-refractivity contribution in [3.05, 3.63) is 34.6 Å². The lowest BCUT2D eigenvalue weighted by Crippen LogP contribution is -2.22. The number of fused-ring (bicyclic) bond motifs is 1. The Bertz CT molecular complexity index is 439. The summed E-state index contributed by atoms with van der Waals surface area (Å²) in [6.07, 6.45) is 1.76. The Morgan fingerprint density at radius 1 is 1.28 bits per heavy atom. The van der Waals surface area contributed by atoms with Crippen LogP contribution in [0.25, 0.3) is 0 Å². The lowest BCUT2D eigenvalue weighted by molar-refractivity contribution is 0.161. The van der Waals surface area contributed by atoms with E-state index in [-0.39, 0.29) is 11.9 Å². The number of nitrogens with zero attached hydrogens (tertiary/aromatic N) is 1. The number of halogens is 2. The largest absolute Gasteiger partial charge is 0.393 e. The lowest BCUT2D eigenvalue weighted by atomic mass is 10.0. The SMILES string of the molecule is OC1C[C@@H]2CN(Cc3ccc(F)cc3Cl)C[C@@H]2C1. The van der Waals surface area contributed by atoms with Crippen LogP contribution in [-0.4, -0.2) is 29.2 Å². The predicted molar refractivity (Wildman–Crippen MR) is 68.9 cm³/mol. The first kappa shape index (κ1) is 12.4. The number of hydrogen-bond acceptors (Lipinski definition) is 2. The fraction of sp³-hybridized carbons (Fsp3) is 0.571. The van der Waals surface area contributed by atoms with Gasteiger partial charge in [0.15, 0.2) is 0 Å². The van der Waals surface area contributed by atoms with Gasteiger partial charge in [-0.3, -0.25) is 4.90 Å². The van der Waals surface area contributed by atoms with Gasteiger partial charge in [0.1, 0.15) is 5.82 Å². The van der Waals surface area contributed by atoms with Crippen molar-refractivity contribution in [2.24, 2.45) is 11.8 Å². The minimum atomic E-state index is -0.287. The third kappa shape index (κ3) is 2.40. The number of aliphatic hydroxyl groups is 1. The van der Waals surface area contributed by atoms with Gasteiger partial charge in [0.05, 0.1) is 6.10 Å². The van der Waals surface area contributed by atoms with Crippen LogP contribution >= 0.6 is 11.6 Å². The van der Waals surface area contributed by atoms with E-state index in [4.69, 9.17) is 11.6 Å². The maximum absolute atomic E-state index is 13.0. The summed E-state index contributed by atoms with van der Waals surface area (Å²) in [5.41, 5.74) is 0.985. The zero-order chi connectivity index (χ0) is 12.7. The highest BCUT2D eigenvalue weighted by atomic mass is 35.5. The van der Waals surface area contributed by atoms with E-state index in [9.17, 15) is 9.50 Å². The summed E-state index contributed by atoms with van der Waals surface area (Å²) in [5, 5.41) is 10.1. The van der Waals surface area contributed by atoms with Crippen LogP contribution in [0.1, 0.15) is 18.4 Å². The topological polar surface area (TPSA) is 23.5 Å². The molecule has 1 saturated heterocycles. The van der Waals surface area contributed by atoms with E-state index in [1.807, 2.05) is 0 Å². The maximum atomic E-state index is 13.0. The van der Waals surface area contributed by atoms with E-state index in [2.05, 4.69) is 4.90 Å². The van der Waals surface area contributed by atoms with E-state index in [1.54, 1.807) is 6.07 Å². The molecular weight excluding hydrogens is 253 g/mol.